The SMILES string of the molecule is CCCN(CCC)c1cc(/C=N/Nc2c[nH]c3ccccc23)nc(OCCc2ccccn2)c1. The van der Waals surface area contributed by atoms with Crippen LogP contribution in [0.3, 0.4) is 0 Å². The van der Waals surface area contributed by atoms with Crippen LogP contribution in [0.15, 0.2) is 72.1 Å². The second kappa shape index (κ2) is 11.8. The van der Waals surface area contributed by atoms with Crippen molar-refractivity contribution in [2.75, 3.05) is 30.0 Å². The van der Waals surface area contributed by atoms with Crippen LogP contribution in [-0.2, 0) is 6.42 Å². The van der Waals surface area contributed by atoms with Gasteiger partial charge in [-0.15, -0.1) is 0 Å². The number of fused-ring (bicyclic) bond motifs is 1. The summed E-state index contributed by atoms with van der Waals surface area (Å²) in [6.45, 7) is 6.87. The van der Waals surface area contributed by atoms with E-state index in [-0.39, 0.29) is 0 Å². The molecule has 0 aliphatic rings. The maximum Gasteiger partial charge on any atom is 0.215 e. The number of pyridine rings is 2. The molecule has 4 aromatic rings. The Kier molecular flexibility index (Phi) is 8.11. The van der Waals surface area contributed by atoms with Gasteiger partial charge in [0, 0.05) is 60.3 Å². The van der Waals surface area contributed by atoms with Crippen molar-refractivity contribution in [3.8, 4) is 5.88 Å². The smallest absolute Gasteiger partial charge is 0.215 e. The molecule has 176 valence electrons. The van der Waals surface area contributed by atoms with E-state index in [4.69, 9.17) is 4.74 Å². The fraction of sp³-hybridized carbons (Fsp3) is 0.296. The molecule has 0 unspecified atom stereocenters. The highest BCUT2D eigenvalue weighted by atomic mass is 16.5. The van der Waals surface area contributed by atoms with E-state index in [0.717, 1.165) is 66.0 Å². The van der Waals surface area contributed by atoms with E-state index < -0.39 is 0 Å². The number of hydrogen-bond acceptors (Lipinski definition) is 6. The average Bonchev–Trinajstić information content (AvgIpc) is 3.28. The van der Waals surface area contributed by atoms with Gasteiger partial charge in [-0.05, 0) is 37.1 Å². The summed E-state index contributed by atoms with van der Waals surface area (Å²) in [5.74, 6) is 0.596. The molecule has 0 aliphatic heterocycles. The first-order valence-corrected chi connectivity index (χ1v) is 11.9. The van der Waals surface area contributed by atoms with Crippen molar-refractivity contribution in [2.45, 2.75) is 33.1 Å². The van der Waals surface area contributed by atoms with Crippen LogP contribution in [0.2, 0.25) is 0 Å². The van der Waals surface area contributed by atoms with E-state index >= 15 is 0 Å². The Balaban J connectivity index is 1.52. The minimum absolute atomic E-state index is 0.513. The number of aromatic amines is 1. The zero-order valence-electron chi connectivity index (χ0n) is 19.9. The van der Waals surface area contributed by atoms with Crippen LogP contribution in [0.5, 0.6) is 5.88 Å². The van der Waals surface area contributed by atoms with Crippen molar-refractivity contribution in [1.82, 2.24) is 15.0 Å². The first-order valence-electron chi connectivity index (χ1n) is 11.9. The quantitative estimate of drug-likeness (QED) is 0.213. The molecule has 0 saturated heterocycles. The van der Waals surface area contributed by atoms with Crippen molar-refractivity contribution < 1.29 is 4.74 Å². The van der Waals surface area contributed by atoms with E-state index in [1.54, 1.807) is 12.4 Å². The second-order valence-electron chi connectivity index (χ2n) is 8.11. The molecule has 0 saturated carbocycles. The molecule has 0 bridgehead atoms. The topological polar surface area (TPSA) is 78.4 Å². The molecule has 34 heavy (non-hydrogen) atoms. The number of H-pyrrole nitrogens is 1. The molecule has 0 fully saturated rings. The van der Waals surface area contributed by atoms with E-state index in [9.17, 15) is 0 Å². The Labute approximate surface area is 200 Å². The number of ether oxygens (including phenoxy) is 1. The second-order valence-corrected chi connectivity index (χ2v) is 8.11. The van der Waals surface area contributed by atoms with Gasteiger partial charge in [0.05, 0.1) is 24.2 Å². The van der Waals surface area contributed by atoms with Gasteiger partial charge in [-0.1, -0.05) is 38.1 Å². The van der Waals surface area contributed by atoms with Gasteiger partial charge in [-0.25, -0.2) is 4.98 Å². The van der Waals surface area contributed by atoms with Crippen LogP contribution < -0.4 is 15.1 Å². The third-order valence-corrected chi connectivity index (χ3v) is 5.46. The maximum absolute atomic E-state index is 6.04. The third kappa shape index (κ3) is 6.13. The monoisotopic (exact) mass is 456 g/mol. The number of nitrogens with zero attached hydrogens (tertiary/aromatic N) is 4. The number of rotatable bonds is 12. The van der Waals surface area contributed by atoms with E-state index in [1.165, 1.54) is 0 Å². The average molecular weight is 457 g/mol. The van der Waals surface area contributed by atoms with Crippen molar-refractivity contribution >= 4 is 28.5 Å². The van der Waals surface area contributed by atoms with Crippen LogP contribution >= 0.6 is 0 Å². The van der Waals surface area contributed by atoms with Crippen molar-refractivity contribution in [3.63, 3.8) is 0 Å². The Morgan fingerprint density at radius 2 is 1.88 bits per heavy atom. The predicted octanol–water partition coefficient (Wildman–Crippen LogP) is 5.65. The van der Waals surface area contributed by atoms with Crippen LogP contribution in [0, 0.1) is 0 Å². The van der Waals surface area contributed by atoms with Crippen molar-refractivity contribution in [2.24, 2.45) is 5.10 Å². The molecular weight excluding hydrogens is 424 g/mol. The molecular formula is C27H32N6O. The molecule has 1 aromatic carbocycles. The Morgan fingerprint density at radius 1 is 1.06 bits per heavy atom. The predicted molar refractivity (Wildman–Crippen MR) is 140 cm³/mol. The van der Waals surface area contributed by atoms with Gasteiger partial charge in [-0.3, -0.25) is 10.4 Å². The number of nitrogens with one attached hydrogen (secondary N) is 2. The van der Waals surface area contributed by atoms with Crippen LogP contribution in [-0.4, -0.2) is 40.9 Å². The van der Waals surface area contributed by atoms with E-state index in [1.807, 2.05) is 48.7 Å². The summed E-state index contributed by atoms with van der Waals surface area (Å²) in [4.78, 5) is 14.7. The van der Waals surface area contributed by atoms with E-state index in [0.29, 0.717) is 12.5 Å². The molecule has 3 heterocycles. The molecule has 3 aromatic heterocycles. The van der Waals surface area contributed by atoms with Gasteiger partial charge in [0.25, 0.3) is 0 Å². The van der Waals surface area contributed by atoms with Gasteiger partial charge < -0.3 is 14.6 Å². The highest BCUT2D eigenvalue weighted by Crippen LogP contribution is 2.23. The highest BCUT2D eigenvalue weighted by molar-refractivity contribution is 5.92. The summed E-state index contributed by atoms with van der Waals surface area (Å²) < 4.78 is 6.04. The molecule has 0 radical (unpaired) electrons. The third-order valence-electron chi connectivity index (χ3n) is 5.46. The normalized spacial score (nSPS) is 11.2. The minimum atomic E-state index is 0.513. The molecule has 7 nitrogen and oxygen atoms in total. The molecule has 4 rings (SSSR count). The highest BCUT2D eigenvalue weighted by Gasteiger charge is 2.10. The number of benzene rings is 1. The number of aromatic nitrogens is 3. The zero-order chi connectivity index (χ0) is 23.6. The van der Waals surface area contributed by atoms with Crippen LogP contribution in [0.25, 0.3) is 10.9 Å². The lowest BCUT2D eigenvalue weighted by atomic mass is 10.2. The van der Waals surface area contributed by atoms with Gasteiger partial charge in [0.15, 0.2) is 0 Å². The first kappa shape index (κ1) is 23.3. The molecule has 0 aliphatic carbocycles. The number of para-hydroxylation sites is 1. The lowest BCUT2D eigenvalue weighted by Gasteiger charge is -2.24. The fourth-order valence-electron chi connectivity index (χ4n) is 3.88. The summed E-state index contributed by atoms with van der Waals surface area (Å²) in [7, 11) is 0. The molecule has 2 N–H and O–H groups in total. The number of hydrazone groups is 1. The lowest BCUT2D eigenvalue weighted by molar-refractivity contribution is 0.308. The number of anilines is 2. The molecule has 0 amide bonds. The summed E-state index contributed by atoms with van der Waals surface area (Å²) in [5.41, 5.74) is 7.97. The molecule has 0 spiro atoms. The van der Waals surface area contributed by atoms with Gasteiger partial charge in [-0.2, -0.15) is 5.10 Å². The standard InChI is InChI=1S/C27H32N6O/c1-3-14-33(15-4-2)23-17-22(19-30-32-26-20-29-25-11-6-5-10-24(25)26)31-27(18-23)34-16-12-21-9-7-8-13-28-21/h5-11,13,17-20,29,32H,3-4,12,14-16H2,1-2H3/b30-19+. The van der Waals surface area contributed by atoms with Gasteiger partial charge in [0.2, 0.25) is 5.88 Å². The van der Waals surface area contributed by atoms with Crippen LogP contribution in [0.1, 0.15) is 38.1 Å². The van der Waals surface area contributed by atoms with Gasteiger partial charge >= 0.3 is 0 Å². The minimum Gasteiger partial charge on any atom is -0.477 e. The maximum atomic E-state index is 6.04. The number of hydrogen-bond donors (Lipinski definition) is 2. The summed E-state index contributed by atoms with van der Waals surface area (Å²) in [6.07, 6.45) is 8.34. The van der Waals surface area contributed by atoms with Crippen LogP contribution in [0.4, 0.5) is 11.4 Å². The summed E-state index contributed by atoms with van der Waals surface area (Å²) in [5, 5.41) is 5.55. The lowest BCUT2D eigenvalue weighted by Crippen LogP contribution is -2.25. The zero-order valence-corrected chi connectivity index (χ0v) is 19.9. The van der Waals surface area contributed by atoms with E-state index in [2.05, 4.69) is 56.4 Å². The summed E-state index contributed by atoms with van der Waals surface area (Å²) >= 11 is 0. The Hall–Kier alpha value is -3.87. The largest absolute Gasteiger partial charge is 0.477 e. The van der Waals surface area contributed by atoms with Gasteiger partial charge in [0.1, 0.15) is 0 Å². The first-order chi connectivity index (χ1) is 16.8. The molecule has 0 atom stereocenters. The Bertz CT molecular complexity index is 1200. The fourth-order valence-corrected chi connectivity index (χ4v) is 3.88. The van der Waals surface area contributed by atoms with Crippen molar-refractivity contribution in [3.05, 3.63) is 78.4 Å². The van der Waals surface area contributed by atoms with Crippen molar-refractivity contribution in [1.29, 1.82) is 0 Å². The summed E-state index contributed by atoms with van der Waals surface area (Å²) in [6, 6.07) is 18.1. The Morgan fingerprint density at radius 3 is 2.68 bits per heavy atom. The molecule has 7 heteroatoms.